The highest BCUT2D eigenvalue weighted by atomic mass is 16.4. The number of hydrogen-bond acceptors (Lipinski definition) is 6. The van der Waals surface area contributed by atoms with Crippen LogP contribution in [0, 0.1) is 0 Å². The van der Waals surface area contributed by atoms with E-state index in [9.17, 15) is 14.4 Å². The van der Waals surface area contributed by atoms with Gasteiger partial charge in [-0.3, -0.25) is 9.59 Å². The Bertz CT molecular complexity index is 319. The molecule has 0 aromatic carbocycles. The SMILES string of the molecule is C[C@H](N)C(=O)N[C@@H](CO)C(=O)N[C@@H](CO)C(=O)O. The maximum atomic E-state index is 11.5. The van der Waals surface area contributed by atoms with Crippen LogP contribution in [0.1, 0.15) is 6.92 Å². The first-order valence-electron chi connectivity index (χ1n) is 5.14. The van der Waals surface area contributed by atoms with E-state index in [1.165, 1.54) is 6.92 Å². The highest BCUT2D eigenvalue weighted by molar-refractivity contribution is 5.91. The monoisotopic (exact) mass is 263 g/mol. The molecule has 0 aromatic heterocycles. The second kappa shape index (κ2) is 7.58. The molecule has 3 atom stereocenters. The minimum absolute atomic E-state index is 0.667. The molecule has 0 rings (SSSR count). The molecular weight excluding hydrogens is 246 g/mol. The molecule has 104 valence electrons. The summed E-state index contributed by atoms with van der Waals surface area (Å²) in [6, 6.07) is -3.70. The second-order valence-electron chi connectivity index (χ2n) is 3.61. The van der Waals surface area contributed by atoms with Crippen LogP contribution in [0.5, 0.6) is 0 Å². The normalized spacial score (nSPS) is 15.3. The van der Waals surface area contributed by atoms with E-state index in [0.29, 0.717) is 0 Å². The van der Waals surface area contributed by atoms with Gasteiger partial charge >= 0.3 is 5.97 Å². The number of rotatable bonds is 7. The number of nitrogens with one attached hydrogen (secondary N) is 2. The Morgan fingerprint density at radius 2 is 1.50 bits per heavy atom. The lowest BCUT2D eigenvalue weighted by molar-refractivity contribution is -0.143. The molecule has 9 nitrogen and oxygen atoms in total. The number of carboxylic acid groups (broad SMARTS) is 1. The van der Waals surface area contributed by atoms with E-state index in [4.69, 9.17) is 21.1 Å². The molecule has 9 heteroatoms. The highest BCUT2D eigenvalue weighted by Crippen LogP contribution is 1.89. The van der Waals surface area contributed by atoms with Crippen LogP contribution in [0.4, 0.5) is 0 Å². The van der Waals surface area contributed by atoms with Crippen molar-refractivity contribution in [3.63, 3.8) is 0 Å². The lowest BCUT2D eigenvalue weighted by atomic mass is 10.2. The van der Waals surface area contributed by atoms with Crippen LogP contribution in [0.25, 0.3) is 0 Å². The number of carbonyl (C=O) groups excluding carboxylic acids is 2. The molecule has 0 spiro atoms. The molecule has 0 fully saturated rings. The summed E-state index contributed by atoms with van der Waals surface area (Å²) in [5.41, 5.74) is 5.26. The minimum atomic E-state index is -1.50. The number of carboxylic acids is 1. The topological polar surface area (TPSA) is 162 Å². The Balaban J connectivity index is 4.52. The summed E-state index contributed by atoms with van der Waals surface area (Å²) >= 11 is 0. The number of hydrogen-bond donors (Lipinski definition) is 6. The minimum Gasteiger partial charge on any atom is -0.480 e. The Kier molecular flexibility index (Phi) is 6.86. The summed E-state index contributed by atoms with van der Waals surface area (Å²) in [4.78, 5) is 33.3. The summed E-state index contributed by atoms with van der Waals surface area (Å²) in [7, 11) is 0. The third-order valence-electron chi connectivity index (χ3n) is 2.03. The van der Waals surface area contributed by atoms with E-state index in [1.54, 1.807) is 0 Å². The fourth-order valence-electron chi connectivity index (χ4n) is 0.955. The van der Waals surface area contributed by atoms with E-state index in [2.05, 4.69) is 5.32 Å². The van der Waals surface area contributed by atoms with Crippen molar-refractivity contribution in [3.8, 4) is 0 Å². The van der Waals surface area contributed by atoms with Crippen molar-refractivity contribution in [1.29, 1.82) is 0 Å². The van der Waals surface area contributed by atoms with Crippen molar-refractivity contribution >= 4 is 17.8 Å². The fraction of sp³-hybridized carbons (Fsp3) is 0.667. The van der Waals surface area contributed by atoms with Crippen molar-refractivity contribution in [2.45, 2.75) is 25.0 Å². The van der Waals surface area contributed by atoms with Crippen LogP contribution in [0.15, 0.2) is 0 Å². The maximum absolute atomic E-state index is 11.5. The van der Waals surface area contributed by atoms with Crippen LogP contribution < -0.4 is 16.4 Å². The predicted molar refractivity (Wildman–Crippen MR) is 59.3 cm³/mol. The second-order valence-corrected chi connectivity index (χ2v) is 3.61. The lowest BCUT2D eigenvalue weighted by Crippen LogP contribution is -2.56. The Morgan fingerprint density at radius 1 is 1.06 bits per heavy atom. The lowest BCUT2D eigenvalue weighted by Gasteiger charge is -2.19. The smallest absolute Gasteiger partial charge is 0.328 e. The molecule has 7 N–H and O–H groups in total. The Labute approximate surface area is 103 Å². The average molecular weight is 263 g/mol. The maximum Gasteiger partial charge on any atom is 0.328 e. The molecule has 0 bridgehead atoms. The number of carbonyl (C=O) groups is 3. The Morgan fingerprint density at radius 3 is 1.83 bits per heavy atom. The molecule has 18 heavy (non-hydrogen) atoms. The molecule has 0 aliphatic carbocycles. The quantitative estimate of drug-likeness (QED) is 0.276. The van der Waals surface area contributed by atoms with Gasteiger partial charge in [0.15, 0.2) is 0 Å². The predicted octanol–water partition coefficient (Wildman–Crippen LogP) is -3.63. The van der Waals surface area contributed by atoms with Gasteiger partial charge in [-0.2, -0.15) is 0 Å². The summed E-state index contributed by atoms with van der Waals surface area (Å²) in [5.74, 6) is -3.02. The van der Waals surface area contributed by atoms with Gasteiger partial charge in [0.1, 0.15) is 12.1 Å². The molecule has 0 aromatic rings. The van der Waals surface area contributed by atoms with E-state index < -0.39 is 49.1 Å². The number of nitrogens with two attached hydrogens (primary N) is 1. The van der Waals surface area contributed by atoms with Gasteiger partial charge in [0.2, 0.25) is 11.8 Å². The fourth-order valence-corrected chi connectivity index (χ4v) is 0.955. The molecule has 0 unspecified atom stereocenters. The number of aliphatic hydroxyl groups is 2. The number of aliphatic hydroxyl groups excluding tert-OH is 2. The summed E-state index contributed by atoms with van der Waals surface area (Å²) < 4.78 is 0. The van der Waals surface area contributed by atoms with Gasteiger partial charge in [0.25, 0.3) is 0 Å². The van der Waals surface area contributed by atoms with Crippen molar-refractivity contribution in [2.24, 2.45) is 5.73 Å². The van der Waals surface area contributed by atoms with E-state index >= 15 is 0 Å². The van der Waals surface area contributed by atoms with E-state index in [0.717, 1.165) is 0 Å². The van der Waals surface area contributed by atoms with Crippen LogP contribution >= 0.6 is 0 Å². The number of amides is 2. The standard InChI is InChI=1S/C9H17N3O6/c1-4(10)7(15)11-5(2-13)8(16)12-6(3-14)9(17)18/h4-6,13-14H,2-3,10H2,1H3,(H,11,15)(H,12,16)(H,17,18)/t4-,5-,6-/m0/s1. The molecule has 0 saturated carbocycles. The van der Waals surface area contributed by atoms with Crippen LogP contribution in [0.3, 0.4) is 0 Å². The molecule has 2 amide bonds. The summed E-state index contributed by atoms with van der Waals surface area (Å²) in [6.07, 6.45) is 0. The highest BCUT2D eigenvalue weighted by Gasteiger charge is 2.26. The molecule has 0 saturated heterocycles. The summed E-state index contributed by atoms with van der Waals surface area (Å²) in [5, 5.41) is 30.3. The van der Waals surface area contributed by atoms with E-state index in [1.807, 2.05) is 5.32 Å². The zero-order valence-electron chi connectivity index (χ0n) is 9.79. The zero-order chi connectivity index (χ0) is 14.3. The zero-order valence-corrected chi connectivity index (χ0v) is 9.79. The van der Waals surface area contributed by atoms with Crippen molar-refractivity contribution in [1.82, 2.24) is 10.6 Å². The number of aliphatic carboxylic acids is 1. The first-order chi connectivity index (χ1) is 8.33. The molecule has 0 aliphatic rings. The summed E-state index contributed by atoms with van der Waals surface area (Å²) in [6.45, 7) is -0.141. The van der Waals surface area contributed by atoms with Crippen LogP contribution in [-0.2, 0) is 14.4 Å². The first-order valence-corrected chi connectivity index (χ1v) is 5.14. The molecule has 0 heterocycles. The van der Waals surface area contributed by atoms with Crippen molar-refractivity contribution < 1.29 is 29.7 Å². The van der Waals surface area contributed by atoms with Gasteiger partial charge < -0.3 is 31.7 Å². The Hall–Kier alpha value is -1.71. The van der Waals surface area contributed by atoms with Crippen molar-refractivity contribution in [3.05, 3.63) is 0 Å². The van der Waals surface area contributed by atoms with Crippen molar-refractivity contribution in [2.75, 3.05) is 13.2 Å². The van der Waals surface area contributed by atoms with Gasteiger partial charge in [-0.15, -0.1) is 0 Å². The van der Waals surface area contributed by atoms with E-state index in [-0.39, 0.29) is 0 Å². The van der Waals surface area contributed by atoms with Gasteiger partial charge in [0.05, 0.1) is 19.3 Å². The van der Waals surface area contributed by atoms with Crippen LogP contribution in [-0.4, -0.2) is 64.4 Å². The van der Waals surface area contributed by atoms with Crippen LogP contribution in [0.2, 0.25) is 0 Å². The molecular formula is C9H17N3O6. The van der Waals surface area contributed by atoms with Gasteiger partial charge in [-0.05, 0) is 6.92 Å². The average Bonchev–Trinajstić information content (AvgIpc) is 2.31. The van der Waals surface area contributed by atoms with Gasteiger partial charge in [-0.1, -0.05) is 0 Å². The van der Waals surface area contributed by atoms with Gasteiger partial charge in [0, 0.05) is 0 Å². The molecule has 0 radical (unpaired) electrons. The third kappa shape index (κ3) is 5.08. The molecule has 0 aliphatic heterocycles. The largest absolute Gasteiger partial charge is 0.480 e. The first kappa shape index (κ1) is 16.3. The van der Waals surface area contributed by atoms with Gasteiger partial charge in [-0.25, -0.2) is 4.79 Å². The third-order valence-corrected chi connectivity index (χ3v) is 2.03.